The van der Waals surface area contributed by atoms with Gasteiger partial charge in [-0.2, -0.15) is 0 Å². The van der Waals surface area contributed by atoms with Gasteiger partial charge in [-0.05, 0) is 11.8 Å². The van der Waals surface area contributed by atoms with E-state index in [1.54, 1.807) is 0 Å². The minimum atomic E-state index is 3.97. The molecule has 4 heavy (non-hydrogen) atoms. The summed E-state index contributed by atoms with van der Waals surface area (Å²) in [6.07, 6.45) is 0. The van der Waals surface area contributed by atoms with E-state index in [1.165, 1.54) is 0 Å². The first-order valence-corrected chi connectivity index (χ1v) is 0.988. The van der Waals surface area contributed by atoms with Crippen LogP contribution < -0.4 is 16.9 Å². The van der Waals surface area contributed by atoms with Crippen molar-refractivity contribution in [3.8, 4) is 0 Å². The summed E-state index contributed by atoms with van der Waals surface area (Å²) in [5.41, 5.74) is 0. The largest absolute Gasteiger partial charge is 0.274 e. The van der Waals surface area contributed by atoms with E-state index >= 15 is 0 Å². The monoisotopic (exact) mass is 83.0 g/mol. The van der Waals surface area contributed by atoms with Gasteiger partial charge in [0.15, 0.2) is 0 Å². The van der Waals surface area contributed by atoms with Crippen LogP contribution in [-0.4, -0.2) is 0 Å². The molecule has 0 bridgehead atoms. The zero-order chi connectivity index (χ0) is 4.00. The van der Waals surface area contributed by atoms with Crippen LogP contribution in [0.25, 0.3) is 0 Å². The Balaban J connectivity index is 0. The summed E-state index contributed by atoms with van der Waals surface area (Å²) < 4.78 is 0. The van der Waals surface area contributed by atoms with E-state index in [1.807, 2.05) is 0 Å². The fourth-order valence-corrected chi connectivity index (χ4v) is 0. The van der Waals surface area contributed by atoms with Gasteiger partial charge in [0.25, 0.3) is 0 Å². The average Bonchev–Trinajstić information content (AvgIpc) is 1.50. The van der Waals surface area contributed by atoms with Gasteiger partial charge in [-0.1, -0.05) is 0 Å². The minimum absolute atomic E-state index is 3.97. The van der Waals surface area contributed by atoms with Crippen LogP contribution in [0.4, 0.5) is 0 Å². The normalized spacial score (nSPS) is 3.00. The Labute approximate surface area is 29.8 Å². The van der Waals surface area contributed by atoms with Crippen molar-refractivity contribution >= 4 is 11.8 Å². The second-order valence-electron chi connectivity index (χ2n) is 0. The van der Waals surface area contributed by atoms with Gasteiger partial charge in [-0.15, -0.1) is 0 Å². The molecule has 0 radical (unpaired) electrons. The molecular weight excluding hydrogens is 77.5 g/mol. The second-order valence-corrected chi connectivity index (χ2v) is 0. The molecule has 4 heteroatoms. The Morgan fingerprint density at radius 2 is 1.00 bits per heavy atom. The first-order chi connectivity index (χ1) is 2.00. The van der Waals surface area contributed by atoms with Crippen LogP contribution in [0.3, 0.4) is 0 Å². The molecule has 0 aromatic heterocycles. The Morgan fingerprint density at radius 3 is 1.00 bits per heavy atom. The van der Waals surface area contributed by atoms with Crippen molar-refractivity contribution in [2.45, 2.75) is 0 Å². The summed E-state index contributed by atoms with van der Waals surface area (Å²) in [5, 5.41) is 3.97. The predicted octanol–water partition coefficient (Wildman–Crippen LogP) is -1.08. The summed E-state index contributed by atoms with van der Waals surface area (Å²) >= 11 is 4.14. The molecule has 3 nitrogen and oxygen atoms in total. The maximum atomic E-state index is 4.14. The molecule has 0 saturated carbocycles. The third-order valence-electron chi connectivity index (χ3n) is 0. The van der Waals surface area contributed by atoms with Crippen molar-refractivity contribution in [2.75, 3.05) is 0 Å². The van der Waals surface area contributed by atoms with Crippen molar-refractivity contribution < 1.29 is 0 Å². The maximum absolute atomic E-state index is 4.14. The Kier molecular flexibility index (Phi) is 1150. The SMILES string of the molecule is NCl.NN. The van der Waals surface area contributed by atoms with Gasteiger partial charge >= 0.3 is 0 Å². The number of nitrogens with two attached hydrogens (primary N) is 3. The summed E-state index contributed by atoms with van der Waals surface area (Å²) in [7, 11) is 0. The third kappa shape index (κ3) is 103. The fraction of sp³-hybridized carbons (Fsp3) is 0. The van der Waals surface area contributed by atoms with E-state index in [-0.39, 0.29) is 0 Å². The minimum Gasteiger partial charge on any atom is -0.274 e. The number of hydrazine groups is 1. The van der Waals surface area contributed by atoms with Gasteiger partial charge < -0.3 is 0 Å². The summed E-state index contributed by atoms with van der Waals surface area (Å²) in [6, 6.07) is 0. The smallest absolute Gasteiger partial charge is 0.0285 e. The van der Waals surface area contributed by atoms with E-state index in [9.17, 15) is 0 Å². The molecule has 28 valence electrons. The lowest BCUT2D eigenvalue weighted by Crippen LogP contribution is -2.02. The fourth-order valence-electron chi connectivity index (χ4n) is 0. The van der Waals surface area contributed by atoms with E-state index < -0.39 is 0 Å². The second kappa shape index (κ2) is 517. The van der Waals surface area contributed by atoms with Crippen molar-refractivity contribution in [1.29, 1.82) is 0 Å². The number of rotatable bonds is 0. The first kappa shape index (κ1) is 8.90. The Bertz CT molecular complexity index is 3.25. The van der Waals surface area contributed by atoms with Gasteiger partial charge in [0.1, 0.15) is 0 Å². The quantitative estimate of drug-likeness (QED) is 0.198. The molecule has 0 aliphatic heterocycles. The molecule has 0 fully saturated rings. The highest BCUT2D eigenvalue weighted by Gasteiger charge is 0.868. The van der Waals surface area contributed by atoms with Crippen LogP contribution in [0.15, 0.2) is 0 Å². The molecule has 0 unspecified atom stereocenters. The molecule has 0 aliphatic carbocycles. The van der Waals surface area contributed by atoms with Gasteiger partial charge in [-0.3, -0.25) is 11.7 Å². The molecule has 0 atom stereocenters. The number of hydrogen-bond donors (Lipinski definition) is 3. The van der Waals surface area contributed by atoms with Crippen LogP contribution in [0, 0.1) is 0 Å². The number of hydrogen-bond acceptors (Lipinski definition) is 3. The van der Waals surface area contributed by atoms with Crippen molar-refractivity contribution in [1.82, 2.24) is 0 Å². The molecule has 0 aromatic carbocycles. The average molecular weight is 83.5 g/mol. The molecule has 0 aromatic rings. The van der Waals surface area contributed by atoms with Gasteiger partial charge in [0.05, 0.1) is 0 Å². The Morgan fingerprint density at radius 1 is 1.00 bits per heavy atom. The van der Waals surface area contributed by atoms with Crippen molar-refractivity contribution in [3.63, 3.8) is 0 Å². The molecule has 6 N–H and O–H groups in total. The van der Waals surface area contributed by atoms with Crippen molar-refractivity contribution in [3.05, 3.63) is 0 Å². The standard InChI is InChI=1S/ClH2N.H4N2/c2*1-2/h2H2;1-2H2. The molecule has 0 amide bonds. The molecule has 0 saturated heterocycles. The van der Waals surface area contributed by atoms with Gasteiger partial charge in [-0.25, -0.2) is 5.25 Å². The van der Waals surface area contributed by atoms with Crippen LogP contribution in [-0.2, 0) is 0 Å². The lowest BCUT2D eigenvalue weighted by molar-refractivity contribution is 1.26. The highest BCUT2D eigenvalue weighted by atomic mass is 35.5. The maximum Gasteiger partial charge on any atom is -0.0285 e. The summed E-state index contributed by atoms with van der Waals surface area (Å²) in [6.45, 7) is 0. The third-order valence-corrected chi connectivity index (χ3v) is 0. The van der Waals surface area contributed by atoms with E-state index in [4.69, 9.17) is 0 Å². The summed E-state index contributed by atoms with van der Waals surface area (Å²) in [4.78, 5) is 0. The topological polar surface area (TPSA) is 78.1 Å². The lowest BCUT2D eigenvalue weighted by Gasteiger charge is -1.27. The van der Waals surface area contributed by atoms with Crippen LogP contribution in [0.2, 0.25) is 0 Å². The summed E-state index contributed by atoms with van der Waals surface area (Å²) in [5.74, 6) is 8.00. The highest BCUT2D eigenvalue weighted by Crippen LogP contribution is 1.15. The molecule has 0 spiro atoms. The van der Waals surface area contributed by atoms with Gasteiger partial charge in [0, 0.05) is 0 Å². The first-order valence-electron chi connectivity index (χ1n) is 0.552. The van der Waals surface area contributed by atoms with Gasteiger partial charge in [0.2, 0.25) is 0 Å². The van der Waals surface area contributed by atoms with E-state index in [0.717, 1.165) is 0 Å². The van der Waals surface area contributed by atoms with E-state index in [0.29, 0.717) is 0 Å². The zero-order valence-corrected chi connectivity index (χ0v) is 2.87. The molecule has 0 heterocycles. The van der Waals surface area contributed by atoms with Crippen LogP contribution in [0.5, 0.6) is 0 Å². The molecule has 0 aliphatic rings. The zero-order valence-electron chi connectivity index (χ0n) is 2.11. The lowest BCUT2D eigenvalue weighted by atomic mass is 13.0. The molecule has 0 rings (SSSR count). The molecular formula is H6ClN3. The number of halogens is 1. The van der Waals surface area contributed by atoms with Crippen LogP contribution in [0.1, 0.15) is 0 Å². The van der Waals surface area contributed by atoms with Crippen molar-refractivity contribution in [2.24, 2.45) is 16.9 Å². The van der Waals surface area contributed by atoms with E-state index in [2.05, 4.69) is 28.7 Å². The predicted molar refractivity (Wildman–Crippen MR) is 18.4 cm³/mol. The highest BCUT2D eigenvalue weighted by molar-refractivity contribution is 6.11. The Hall–Kier alpha value is 0.170. The van der Waals surface area contributed by atoms with Crippen LogP contribution >= 0.6 is 11.8 Å².